The lowest BCUT2D eigenvalue weighted by Gasteiger charge is -2.46. The highest BCUT2D eigenvalue weighted by Crippen LogP contribution is 2.31. The standard InChI is InChI=1S/C37H37N5O5/c1-2-19-40(37(46)38-23-28-9-4-3-5-10-28)41-26-35(44)42-33(22-27-15-17-31(18-16-27)47-21-20-43)36(45)39(25-34(41)42)24-30-13-8-12-29-11-6-7-14-32(29)30/h1,3-18,33-34,43H,19-26H2,(H,38,46)/t33-,34+/m0/s1. The molecule has 2 atom stereocenters. The number of nitrogens with one attached hydrogen (secondary N) is 1. The highest BCUT2D eigenvalue weighted by atomic mass is 16.5. The molecule has 2 N–H and O–H groups in total. The largest absolute Gasteiger partial charge is 0.491 e. The van der Waals surface area contributed by atoms with Crippen molar-refractivity contribution in [2.75, 3.05) is 32.8 Å². The van der Waals surface area contributed by atoms with E-state index >= 15 is 0 Å². The maximum Gasteiger partial charge on any atom is 0.333 e. The highest BCUT2D eigenvalue weighted by molar-refractivity contribution is 5.92. The zero-order chi connectivity index (χ0) is 32.8. The van der Waals surface area contributed by atoms with Crippen molar-refractivity contribution in [3.05, 3.63) is 114 Å². The van der Waals surface area contributed by atoms with E-state index in [1.54, 1.807) is 26.9 Å². The molecule has 4 aromatic rings. The molecular weight excluding hydrogens is 594 g/mol. The molecule has 2 aliphatic rings. The molecule has 47 heavy (non-hydrogen) atoms. The first kappa shape index (κ1) is 31.6. The van der Waals surface area contributed by atoms with Crippen molar-refractivity contribution >= 4 is 28.6 Å². The van der Waals surface area contributed by atoms with Crippen LogP contribution in [0.4, 0.5) is 4.79 Å². The molecule has 0 spiro atoms. The number of carbonyl (C=O) groups excluding carboxylic acids is 3. The molecule has 0 radical (unpaired) electrons. The van der Waals surface area contributed by atoms with Gasteiger partial charge in [0.05, 0.1) is 26.2 Å². The van der Waals surface area contributed by atoms with Crippen molar-refractivity contribution in [2.45, 2.75) is 31.7 Å². The van der Waals surface area contributed by atoms with Crippen LogP contribution >= 0.6 is 0 Å². The van der Waals surface area contributed by atoms with Crippen molar-refractivity contribution in [1.82, 2.24) is 25.1 Å². The number of hydrogen-bond donors (Lipinski definition) is 2. The number of piperazine rings is 1. The molecule has 2 heterocycles. The molecule has 10 heteroatoms. The number of aliphatic hydroxyl groups excluding tert-OH is 1. The summed E-state index contributed by atoms with van der Waals surface area (Å²) < 4.78 is 5.50. The van der Waals surface area contributed by atoms with Crippen LogP contribution < -0.4 is 10.1 Å². The summed E-state index contributed by atoms with van der Waals surface area (Å²) in [5, 5.41) is 17.3. The number of benzene rings is 4. The molecule has 4 amide bonds. The van der Waals surface area contributed by atoms with Crippen molar-refractivity contribution in [1.29, 1.82) is 0 Å². The van der Waals surface area contributed by atoms with E-state index in [9.17, 15) is 14.4 Å². The normalized spacial score (nSPS) is 17.8. The maximum atomic E-state index is 14.3. The lowest BCUT2D eigenvalue weighted by molar-refractivity contribution is -0.157. The second-order valence-electron chi connectivity index (χ2n) is 11.6. The van der Waals surface area contributed by atoms with Crippen LogP contribution in [0.25, 0.3) is 10.8 Å². The first-order chi connectivity index (χ1) is 23.0. The Hall–Kier alpha value is -5.37. The molecule has 0 aliphatic carbocycles. The van der Waals surface area contributed by atoms with Crippen molar-refractivity contribution in [3.63, 3.8) is 0 Å². The van der Waals surface area contributed by atoms with E-state index in [0.717, 1.165) is 27.5 Å². The van der Waals surface area contributed by atoms with Gasteiger partial charge >= 0.3 is 6.03 Å². The van der Waals surface area contributed by atoms with Crippen LogP contribution in [0, 0.1) is 12.3 Å². The number of aliphatic hydroxyl groups is 1. The number of terminal acetylenes is 1. The van der Waals surface area contributed by atoms with E-state index in [2.05, 4.69) is 11.2 Å². The molecule has 0 saturated carbocycles. The second-order valence-corrected chi connectivity index (χ2v) is 11.6. The summed E-state index contributed by atoms with van der Waals surface area (Å²) in [6.07, 6.45) is 5.40. The van der Waals surface area contributed by atoms with E-state index < -0.39 is 18.2 Å². The minimum absolute atomic E-state index is 0.0461. The van der Waals surface area contributed by atoms with Crippen LogP contribution in [0.15, 0.2) is 97.1 Å². The molecule has 240 valence electrons. The predicted molar refractivity (Wildman–Crippen MR) is 177 cm³/mol. The molecule has 2 fully saturated rings. The van der Waals surface area contributed by atoms with E-state index in [4.69, 9.17) is 16.3 Å². The fourth-order valence-electron chi connectivity index (χ4n) is 6.37. The molecule has 0 bridgehead atoms. The molecule has 10 nitrogen and oxygen atoms in total. The van der Waals surface area contributed by atoms with Crippen LogP contribution in [0.5, 0.6) is 5.75 Å². The molecule has 6 rings (SSSR count). The fourth-order valence-corrected chi connectivity index (χ4v) is 6.37. The number of urea groups is 1. The van der Waals surface area contributed by atoms with Gasteiger partial charge in [-0.1, -0.05) is 90.8 Å². The number of carbonyl (C=O) groups is 3. The quantitative estimate of drug-likeness (QED) is 0.246. The third kappa shape index (κ3) is 6.92. The maximum absolute atomic E-state index is 14.3. The number of hydrogen-bond acceptors (Lipinski definition) is 6. The molecule has 2 saturated heterocycles. The number of fused-ring (bicyclic) bond motifs is 2. The topological polar surface area (TPSA) is 106 Å². The number of amides is 4. The third-order valence-electron chi connectivity index (χ3n) is 8.59. The van der Waals surface area contributed by atoms with Crippen LogP contribution in [0.2, 0.25) is 0 Å². The van der Waals surface area contributed by atoms with Gasteiger partial charge in [-0.2, -0.15) is 5.01 Å². The minimum atomic E-state index is -0.800. The average Bonchev–Trinajstić information content (AvgIpc) is 3.42. The Morgan fingerprint density at radius 2 is 1.70 bits per heavy atom. The Kier molecular flexibility index (Phi) is 9.67. The van der Waals surface area contributed by atoms with Crippen molar-refractivity contribution < 1.29 is 24.2 Å². The van der Waals surface area contributed by atoms with Gasteiger partial charge in [-0.25, -0.2) is 9.80 Å². The van der Waals surface area contributed by atoms with E-state index in [1.807, 2.05) is 84.9 Å². The van der Waals surface area contributed by atoms with E-state index in [0.29, 0.717) is 18.8 Å². The Balaban J connectivity index is 1.30. The zero-order valence-corrected chi connectivity index (χ0v) is 26.0. The number of nitrogens with zero attached hydrogens (tertiary/aromatic N) is 4. The smallest absolute Gasteiger partial charge is 0.333 e. The zero-order valence-electron chi connectivity index (χ0n) is 26.0. The molecule has 4 aromatic carbocycles. The van der Waals surface area contributed by atoms with Crippen LogP contribution in [0.1, 0.15) is 16.7 Å². The lowest BCUT2D eigenvalue weighted by atomic mass is 9.99. The summed E-state index contributed by atoms with van der Waals surface area (Å²) in [4.78, 5) is 45.0. The van der Waals surface area contributed by atoms with Gasteiger partial charge in [-0.05, 0) is 39.6 Å². The summed E-state index contributed by atoms with van der Waals surface area (Å²) in [7, 11) is 0. The third-order valence-corrected chi connectivity index (χ3v) is 8.59. The van der Waals surface area contributed by atoms with Gasteiger partial charge in [0, 0.05) is 19.5 Å². The first-order valence-electron chi connectivity index (χ1n) is 15.7. The Bertz CT molecular complexity index is 1770. The molecule has 0 aromatic heterocycles. The summed E-state index contributed by atoms with van der Waals surface area (Å²) in [6.45, 7) is 0.776. The predicted octanol–water partition coefficient (Wildman–Crippen LogP) is 3.39. The van der Waals surface area contributed by atoms with Gasteiger partial charge in [-0.3, -0.25) is 9.59 Å². The van der Waals surface area contributed by atoms with Crippen LogP contribution in [-0.2, 0) is 29.1 Å². The molecular formula is C37H37N5O5. The number of ether oxygens (including phenoxy) is 1. The average molecular weight is 632 g/mol. The van der Waals surface area contributed by atoms with Gasteiger partial charge in [0.1, 0.15) is 24.6 Å². The van der Waals surface area contributed by atoms with Crippen molar-refractivity contribution in [3.8, 4) is 18.1 Å². The van der Waals surface area contributed by atoms with E-state index in [-0.39, 0.29) is 51.1 Å². The Labute approximate surface area is 274 Å². The van der Waals surface area contributed by atoms with Gasteiger partial charge in [0.15, 0.2) is 0 Å². The van der Waals surface area contributed by atoms with Gasteiger partial charge in [-0.15, -0.1) is 6.42 Å². The molecule has 0 unspecified atom stereocenters. The van der Waals surface area contributed by atoms with Gasteiger partial charge < -0.3 is 25.0 Å². The molecule has 2 aliphatic heterocycles. The highest BCUT2D eigenvalue weighted by Gasteiger charge is 2.52. The van der Waals surface area contributed by atoms with Crippen LogP contribution in [0.3, 0.4) is 0 Å². The fraction of sp³-hybridized carbons (Fsp3) is 0.270. The van der Waals surface area contributed by atoms with E-state index in [1.165, 1.54) is 5.01 Å². The summed E-state index contributed by atoms with van der Waals surface area (Å²) in [5.41, 5.74) is 2.77. The lowest BCUT2D eigenvalue weighted by Crippen LogP contribution is -2.66. The van der Waals surface area contributed by atoms with Gasteiger partial charge in [0.25, 0.3) is 0 Å². The number of hydrazine groups is 1. The van der Waals surface area contributed by atoms with Crippen molar-refractivity contribution in [2.24, 2.45) is 0 Å². The summed E-state index contributed by atoms with van der Waals surface area (Å²) >= 11 is 0. The van der Waals surface area contributed by atoms with Crippen LogP contribution in [-0.4, -0.2) is 87.8 Å². The van der Waals surface area contributed by atoms with Gasteiger partial charge in [0.2, 0.25) is 11.8 Å². The SMILES string of the molecule is C#CCN(C(=O)NCc1ccccc1)N1CC(=O)N2[C@@H](Cc3ccc(OCCO)cc3)C(=O)N(Cc3cccc4ccccc34)C[C@@H]21. The Morgan fingerprint density at radius 3 is 2.47 bits per heavy atom. The summed E-state index contributed by atoms with van der Waals surface area (Å²) in [6, 6.07) is 29.7. The first-order valence-corrected chi connectivity index (χ1v) is 15.7. The summed E-state index contributed by atoms with van der Waals surface area (Å²) in [5.74, 6) is 2.75. The minimum Gasteiger partial charge on any atom is -0.491 e. The number of rotatable bonds is 11. The second kappa shape index (κ2) is 14.4. The Morgan fingerprint density at radius 1 is 0.957 bits per heavy atom. The monoisotopic (exact) mass is 631 g/mol.